The summed E-state index contributed by atoms with van der Waals surface area (Å²) in [6.07, 6.45) is 2.24. The van der Waals surface area contributed by atoms with E-state index in [2.05, 4.69) is 27.1 Å². The molecule has 1 aliphatic heterocycles. The van der Waals surface area contributed by atoms with Crippen LogP contribution < -0.4 is 5.32 Å². The predicted molar refractivity (Wildman–Crippen MR) is 127 cm³/mol. The van der Waals surface area contributed by atoms with Crippen molar-refractivity contribution in [2.75, 3.05) is 17.7 Å². The molecule has 3 atom stereocenters. The first-order chi connectivity index (χ1) is 16.6. The van der Waals surface area contributed by atoms with Crippen molar-refractivity contribution < 1.29 is 24.1 Å². The van der Waals surface area contributed by atoms with E-state index >= 15 is 0 Å². The lowest BCUT2D eigenvalue weighted by molar-refractivity contribution is -0.245. The second kappa shape index (κ2) is 11.8. The van der Waals surface area contributed by atoms with E-state index in [1.165, 1.54) is 24.2 Å². The van der Waals surface area contributed by atoms with Gasteiger partial charge in [0.2, 0.25) is 0 Å². The zero-order valence-electron chi connectivity index (χ0n) is 18.4. The molecule has 0 bridgehead atoms. The maximum Gasteiger partial charge on any atom is 0.411 e. The van der Waals surface area contributed by atoms with Gasteiger partial charge < -0.3 is 19.3 Å². The summed E-state index contributed by atoms with van der Waals surface area (Å²) in [5, 5.41) is 19.5. The third-order valence-electron chi connectivity index (χ3n) is 5.18. The molecular weight excluding hydrogens is 456 g/mol. The number of ether oxygens (including phenoxy) is 3. The largest absolute Gasteiger partial charge is 0.445 e. The number of hydrogen-bond acceptors (Lipinski definition) is 8. The molecule has 2 heterocycles. The molecule has 178 valence electrons. The first kappa shape index (κ1) is 24.0. The van der Waals surface area contributed by atoms with Crippen molar-refractivity contribution in [3.8, 4) is 0 Å². The molecule has 3 aromatic rings. The maximum atomic E-state index is 11.8. The Morgan fingerprint density at radius 1 is 1.21 bits per heavy atom. The van der Waals surface area contributed by atoms with Gasteiger partial charge in [-0.3, -0.25) is 10.4 Å². The number of benzene rings is 2. The van der Waals surface area contributed by atoms with E-state index in [-0.39, 0.29) is 25.4 Å². The number of nitrogens with one attached hydrogen (secondary N) is 2. The summed E-state index contributed by atoms with van der Waals surface area (Å²) in [5.41, 5.74) is 3.29. The molecule has 10 heteroatoms. The number of aliphatic hydroxyl groups excluding tert-OH is 1. The van der Waals surface area contributed by atoms with Crippen molar-refractivity contribution in [1.29, 1.82) is 0 Å². The van der Waals surface area contributed by atoms with Gasteiger partial charge in [-0.05, 0) is 23.3 Å². The van der Waals surface area contributed by atoms with E-state index in [1.807, 2.05) is 36.4 Å². The van der Waals surface area contributed by atoms with E-state index in [9.17, 15) is 9.90 Å². The average Bonchev–Trinajstić information content (AvgIpc) is 3.40. The summed E-state index contributed by atoms with van der Waals surface area (Å²) in [5.74, 6) is 0.676. The number of hydrogen-bond donors (Lipinski definition) is 3. The highest BCUT2D eigenvalue weighted by atomic mass is 32.2. The first-order valence-electron chi connectivity index (χ1n) is 10.8. The predicted octanol–water partition coefficient (Wildman–Crippen LogP) is 4.37. The van der Waals surface area contributed by atoms with Crippen molar-refractivity contribution in [3.63, 3.8) is 0 Å². The second-order valence-electron chi connectivity index (χ2n) is 7.59. The van der Waals surface area contributed by atoms with Crippen molar-refractivity contribution >= 4 is 23.5 Å². The van der Waals surface area contributed by atoms with Crippen molar-refractivity contribution in [1.82, 2.24) is 15.2 Å². The Balaban J connectivity index is 1.47. The Labute approximate surface area is 201 Å². The zero-order chi connectivity index (χ0) is 23.8. The Bertz CT molecular complexity index is 1060. The molecule has 9 nitrogen and oxygen atoms in total. The van der Waals surface area contributed by atoms with E-state index < -0.39 is 12.4 Å². The summed E-state index contributed by atoms with van der Waals surface area (Å²) >= 11 is 1.54. The maximum absolute atomic E-state index is 11.8. The van der Waals surface area contributed by atoms with E-state index in [0.29, 0.717) is 17.9 Å². The molecule has 1 aromatic heterocycles. The molecular formula is C24H26N4O5S. The number of aromatic nitrogens is 3. The number of thioether (sulfide) groups is 1. The van der Waals surface area contributed by atoms with Crippen LogP contribution in [0.25, 0.3) is 0 Å². The topological polar surface area (TPSA) is 119 Å². The molecule has 2 aromatic carbocycles. The molecule has 4 rings (SSSR count). The molecule has 0 saturated carbocycles. The summed E-state index contributed by atoms with van der Waals surface area (Å²) in [6, 6.07) is 15.0. The molecule has 1 saturated heterocycles. The van der Waals surface area contributed by atoms with Crippen LogP contribution >= 0.6 is 11.8 Å². The Morgan fingerprint density at radius 3 is 2.65 bits per heavy atom. The van der Waals surface area contributed by atoms with Crippen LogP contribution in [0.5, 0.6) is 0 Å². The van der Waals surface area contributed by atoms with Gasteiger partial charge >= 0.3 is 6.09 Å². The highest BCUT2D eigenvalue weighted by Crippen LogP contribution is 2.39. The van der Waals surface area contributed by atoms with Crippen LogP contribution in [-0.2, 0) is 20.8 Å². The number of carbonyl (C=O) groups is 1. The van der Waals surface area contributed by atoms with Gasteiger partial charge in [0.05, 0.1) is 18.8 Å². The fourth-order valence-corrected chi connectivity index (χ4v) is 4.27. The van der Waals surface area contributed by atoms with E-state index in [0.717, 1.165) is 21.8 Å². The standard InChI is InChI=1S/C24H26N4O5S/c1-2-11-31-24(30)27-19-9-7-18(8-10-19)22-32-20(14-34-23-25-15-26-28-23)12-21(33-22)17-5-3-16(13-29)4-6-17/h2-10,15,20-22,29H,1,11-14H2,(H,27,30)(H,25,26,28)/t20-,21+,22+/m1/s1. The number of carbonyl (C=O) groups excluding carboxylic acids is 1. The molecule has 0 radical (unpaired) electrons. The van der Waals surface area contributed by atoms with Gasteiger partial charge in [0.1, 0.15) is 12.9 Å². The van der Waals surface area contributed by atoms with Crippen LogP contribution in [0.3, 0.4) is 0 Å². The third-order valence-corrected chi connectivity index (χ3v) is 6.18. The lowest BCUT2D eigenvalue weighted by Gasteiger charge is -2.36. The van der Waals surface area contributed by atoms with Crippen LogP contribution in [0.15, 0.2) is 72.7 Å². The summed E-state index contributed by atoms with van der Waals surface area (Å²) < 4.78 is 17.5. The number of aromatic amines is 1. The van der Waals surface area contributed by atoms with Gasteiger partial charge in [0.25, 0.3) is 0 Å². The number of aliphatic hydroxyl groups is 1. The molecule has 1 aliphatic rings. The third kappa shape index (κ3) is 6.45. The SMILES string of the molecule is C=CCOC(=O)Nc1ccc([C@H]2O[C@@H](CSc3ncn[nH]3)C[C@@H](c3ccc(CO)cc3)O2)cc1. The number of H-pyrrole nitrogens is 1. The summed E-state index contributed by atoms with van der Waals surface area (Å²) in [7, 11) is 0. The van der Waals surface area contributed by atoms with Gasteiger partial charge in [-0.2, -0.15) is 5.10 Å². The van der Waals surface area contributed by atoms with Crippen LogP contribution in [0.4, 0.5) is 10.5 Å². The molecule has 3 N–H and O–H groups in total. The number of amides is 1. The summed E-state index contributed by atoms with van der Waals surface area (Å²) in [6.45, 7) is 3.66. The molecule has 0 unspecified atom stereocenters. The molecule has 0 aliphatic carbocycles. The Hall–Kier alpha value is -3.18. The molecule has 34 heavy (non-hydrogen) atoms. The monoisotopic (exact) mass is 482 g/mol. The molecule has 0 spiro atoms. The number of rotatable bonds is 9. The van der Waals surface area contributed by atoms with Crippen LogP contribution in [-0.4, -0.2) is 44.8 Å². The zero-order valence-corrected chi connectivity index (χ0v) is 19.2. The molecule has 1 amide bonds. The minimum absolute atomic E-state index is 0.00446. The van der Waals surface area contributed by atoms with Gasteiger partial charge in [0, 0.05) is 23.4 Å². The lowest BCUT2D eigenvalue weighted by atomic mass is 10.0. The van der Waals surface area contributed by atoms with Gasteiger partial charge in [-0.25, -0.2) is 9.78 Å². The quantitative estimate of drug-likeness (QED) is 0.304. The number of nitrogens with zero attached hydrogens (tertiary/aromatic N) is 2. The Kier molecular flexibility index (Phi) is 8.31. The van der Waals surface area contributed by atoms with Gasteiger partial charge in [0.15, 0.2) is 11.4 Å². The van der Waals surface area contributed by atoms with Crippen molar-refractivity contribution in [3.05, 3.63) is 84.2 Å². The van der Waals surface area contributed by atoms with Crippen LogP contribution in [0, 0.1) is 0 Å². The van der Waals surface area contributed by atoms with Crippen molar-refractivity contribution in [2.45, 2.75) is 36.7 Å². The highest BCUT2D eigenvalue weighted by molar-refractivity contribution is 7.99. The smallest absolute Gasteiger partial charge is 0.411 e. The second-order valence-corrected chi connectivity index (χ2v) is 8.59. The summed E-state index contributed by atoms with van der Waals surface area (Å²) in [4.78, 5) is 15.9. The van der Waals surface area contributed by atoms with Crippen molar-refractivity contribution in [2.24, 2.45) is 0 Å². The van der Waals surface area contributed by atoms with E-state index in [1.54, 1.807) is 12.1 Å². The normalized spacial score (nSPS) is 20.0. The highest BCUT2D eigenvalue weighted by Gasteiger charge is 2.32. The Morgan fingerprint density at radius 2 is 1.97 bits per heavy atom. The lowest BCUT2D eigenvalue weighted by Crippen LogP contribution is -2.31. The van der Waals surface area contributed by atoms with Crippen LogP contribution in [0.2, 0.25) is 0 Å². The first-order valence-corrected chi connectivity index (χ1v) is 11.8. The van der Waals surface area contributed by atoms with Gasteiger partial charge in [-0.15, -0.1) is 0 Å². The fraction of sp³-hybridized carbons (Fsp3) is 0.292. The van der Waals surface area contributed by atoms with Crippen LogP contribution in [0.1, 0.15) is 35.5 Å². The van der Waals surface area contributed by atoms with Gasteiger partial charge in [-0.1, -0.05) is 60.8 Å². The minimum Gasteiger partial charge on any atom is -0.445 e. The number of anilines is 1. The fourth-order valence-electron chi connectivity index (χ4n) is 3.47. The average molecular weight is 483 g/mol. The van der Waals surface area contributed by atoms with E-state index in [4.69, 9.17) is 14.2 Å². The molecule has 1 fully saturated rings. The minimum atomic E-state index is -0.585.